The quantitative estimate of drug-likeness (QED) is 0.902. The molecule has 0 unspecified atom stereocenters. The van der Waals surface area contributed by atoms with Crippen LogP contribution in [-0.2, 0) is 7.05 Å². The van der Waals surface area contributed by atoms with Crippen molar-refractivity contribution in [2.75, 3.05) is 18.0 Å². The lowest BCUT2D eigenvalue weighted by molar-refractivity contribution is 0.0696. The van der Waals surface area contributed by atoms with E-state index in [2.05, 4.69) is 10.00 Å². The lowest BCUT2D eigenvalue weighted by Crippen LogP contribution is -2.40. The van der Waals surface area contributed by atoms with Gasteiger partial charge < -0.3 is 10.0 Å². The Bertz CT molecular complexity index is 519. The van der Waals surface area contributed by atoms with Gasteiger partial charge in [0.25, 0.3) is 0 Å². The zero-order valence-electron chi connectivity index (χ0n) is 12.4. The largest absolute Gasteiger partial charge is 0.477 e. The zero-order chi connectivity index (χ0) is 14.3. The van der Waals surface area contributed by atoms with E-state index in [0.29, 0.717) is 16.7 Å². The fraction of sp³-hybridized carbons (Fsp3) is 0.733. The van der Waals surface area contributed by atoms with Crippen molar-refractivity contribution in [3.8, 4) is 0 Å². The van der Waals surface area contributed by atoms with Gasteiger partial charge in [0.2, 0.25) is 0 Å². The summed E-state index contributed by atoms with van der Waals surface area (Å²) in [6, 6.07) is 0. The topological polar surface area (TPSA) is 58.4 Å². The molecule has 110 valence electrons. The first-order chi connectivity index (χ1) is 9.52. The number of aromatic carboxylic acids is 1. The predicted molar refractivity (Wildman–Crippen MR) is 77.3 cm³/mol. The summed E-state index contributed by atoms with van der Waals surface area (Å²) in [5.41, 5.74) is 1.53. The van der Waals surface area contributed by atoms with Crippen LogP contribution in [0.5, 0.6) is 0 Å². The molecule has 1 aliphatic carbocycles. The van der Waals surface area contributed by atoms with Crippen molar-refractivity contribution in [3.05, 3.63) is 11.3 Å². The average Bonchev–Trinajstić information content (AvgIpc) is 2.96. The van der Waals surface area contributed by atoms with E-state index in [4.69, 9.17) is 0 Å². The third kappa shape index (κ3) is 2.09. The van der Waals surface area contributed by atoms with E-state index < -0.39 is 5.97 Å². The van der Waals surface area contributed by atoms with E-state index in [1.54, 1.807) is 11.6 Å². The number of aryl methyl sites for hydroxylation is 2. The van der Waals surface area contributed by atoms with Crippen LogP contribution in [0, 0.1) is 12.3 Å². The zero-order valence-corrected chi connectivity index (χ0v) is 12.4. The Hall–Kier alpha value is -1.52. The van der Waals surface area contributed by atoms with Gasteiger partial charge in [0.05, 0.1) is 5.69 Å². The molecule has 1 aromatic heterocycles. The Morgan fingerprint density at radius 2 is 1.80 bits per heavy atom. The molecule has 1 saturated heterocycles. The van der Waals surface area contributed by atoms with Crippen molar-refractivity contribution in [1.82, 2.24) is 9.78 Å². The van der Waals surface area contributed by atoms with Gasteiger partial charge in [-0.05, 0) is 38.0 Å². The molecule has 0 radical (unpaired) electrons. The van der Waals surface area contributed by atoms with E-state index in [1.807, 2.05) is 7.05 Å². The second-order valence-electron chi connectivity index (χ2n) is 6.41. The van der Waals surface area contributed by atoms with Gasteiger partial charge in [0.15, 0.2) is 0 Å². The Morgan fingerprint density at radius 3 is 2.35 bits per heavy atom. The first-order valence-electron chi connectivity index (χ1n) is 7.54. The minimum absolute atomic E-state index is 0.370. The van der Waals surface area contributed by atoms with Crippen LogP contribution in [0.25, 0.3) is 0 Å². The number of piperidine rings is 1. The lowest BCUT2D eigenvalue weighted by atomic mass is 9.77. The van der Waals surface area contributed by atoms with E-state index in [0.717, 1.165) is 18.9 Å². The standard InChI is InChI=1S/C15H23N3O2/c1-11-12(14(19)20)13(17(2)16-11)18-9-7-15(8-10-18)5-3-4-6-15/h3-10H2,1-2H3,(H,19,20). The van der Waals surface area contributed by atoms with Crippen molar-refractivity contribution >= 4 is 11.8 Å². The van der Waals surface area contributed by atoms with Gasteiger partial charge in [-0.25, -0.2) is 4.79 Å². The molecule has 1 saturated carbocycles. The van der Waals surface area contributed by atoms with Crippen LogP contribution in [0.4, 0.5) is 5.82 Å². The third-order valence-corrected chi connectivity index (χ3v) is 5.19. The monoisotopic (exact) mass is 277 g/mol. The van der Waals surface area contributed by atoms with Crippen molar-refractivity contribution in [3.63, 3.8) is 0 Å². The summed E-state index contributed by atoms with van der Waals surface area (Å²) in [4.78, 5) is 13.7. The summed E-state index contributed by atoms with van der Waals surface area (Å²) in [6.45, 7) is 3.69. The van der Waals surface area contributed by atoms with Crippen LogP contribution in [0.15, 0.2) is 0 Å². The molecule has 1 aliphatic heterocycles. The highest BCUT2D eigenvalue weighted by molar-refractivity contribution is 5.94. The van der Waals surface area contributed by atoms with Crippen molar-refractivity contribution < 1.29 is 9.90 Å². The summed E-state index contributed by atoms with van der Waals surface area (Å²) >= 11 is 0. The fourth-order valence-corrected chi connectivity index (χ4v) is 4.08. The number of nitrogens with zero attached hydrogens (tertiary/aromatic N) is 3. The fourth-order valence-electron chi connectivity index (χ4n) is 4.08. The van der Waals surface area contributed by atoms with Crippen molar-refractivity contribution in [2.24, 2.45) is 12.5 Å². The molecule has 2 aliphatic rings. The summed E-state index contributed by atoms with van der Waals surface area (Å²) in [5.74, 6) is -0.0883. The average molecular weight is 277 g/mol. The number of hydrogen-bond acceptors (Lipinski definition) is 3. The Balaban J connectivity index is 1.83. The molecule has 2 fully saturated rings. The van der Waals surface area contributed by atoms with Crippen LogP contribution < -0.4 is 4.90 Å². The minimum atomic E-state index is -0.869. The minimum Gasteiger partial charge on any atom is -0.477 e. The Morgan fingerprint density at radius 1 is 1.20 bits per heavy atom. The maximum absolute atomic E-state index is 11.5. The SMILES string of the molecule is Cc1nn(C)c(N2CCC3(CCCC3)CC2)c1C(=O)O. The Kier molecular flexibility index (Phi) is 3.22. The smallest absolute Gasteiger partial charge is 0.341 e. The highest BCUT2D eigenvalue weighted by atomic mass is 16.4. The van der Waals surface area contributed by atoms with Gasteiger partial charge in [0, 0.05) is 20.1 Å². The van der Waals surface area contributed by atoms with Crippen LogP contribution in [0.2, 0.25) is 0 Å². The highest BCUT2D eigenvalue weighted by Gasteiger charge is 2.38. The number of rotatable bonds is 2. The number of carboxylic acids is 1. The second kappa shape index (κ2) is 4.79. The molecule has 0 amide bonds. The van der Waals surface area contributed by atoms with Crippen LogP contribution in [0.3, 0.4) is 0 Å². The van der Waals surface area contributed by atoms with Crippen LogP contribution >= 0.6 is 0 Å². The van der Waals surface area contributed by atoms with E-state index in [1.165, 1.54) is 38.5 Å². The first kappa shape index (κ1) is 13.5. The first-order valence-corrected chi connectivity index (χ1v) is 7.54. The lowest BCUT2D eigenvalue weighted by Gasteiger charge is -2.40. The molecule has 5 nitrogen and oxygen atoms in total. The summed E-state index contributed by atoms with van der Waals surface area (Å²) in [7, 11) is 1.84. The highest BCUT2D eigenvalue weighted by Crippen LogP contribution is 2.46. The molecule has 1 spiro atoms. The molecule has 0 bridgehead atoms. The molecule has 1 aromatic rings. The Labute approximate surface area is 119 Å². The summed E-state index contributed by atoms with van der Waals surface area (Å²) in [6.07, 6.45) is 7.83. The van der Waals surface area contributed by atoms with Gasteiger partial charge in [-0.3, -0.25) is 4.68 Å². The third-order valence-electron chi connectivity index (χ3n) is 5.19. The number of carboxylic acid groups (broad SMARTS) is 1. The summed E-state index contributed by atoms with van der Waals surface area (Å²) < 4.78 is 1.73. The van der Waals surface area contributed by atoms with Crippen LogP contribution in [0.1, 0.15) is 54.6 Å². The molecule has 5 heteroatoms. The molecular formula is C15H23N3O2. The number of hydrogen-bond donors (Lipinski definition) is 1. The van der Waals surface area contributed by atoms with Crippen LogP contribution in [-0.4, -0.2) is 33.9 Å². The normalized spacial score (nSPS) is 21.6. The second-order valence-corrected chi connectivity index (χ2v) is 6.41. The maximum Gasteiger partial charge on any atom is 0.341 e. The summed E-state index contributed by atoms with van der Waals surface area (Å²) in [5, 5.41) is 13.7. The number of anilines is 1. The molecule has 0 atom stereocenters. The molecule has 1 N–H and O–H groups in total. The van der Waals surface area contributed by atoms with Gasteiger partial charge in [-0.1, -0.05) is 12.8 Å². The molecule has 20 heavy (non-hydrogen) atoms. The van der Waals surface area contributed by atoms with Gasteiger partial charge >= 0.3 is 5.97 Å². The van der Waals surface area contributed by atoms with E-state index >= 15 is 0 Å². The van der Waals surface area contributed by atoms with Gasteiger partial charge in [-0.15, -0.1) is 0 Å². The molecule has 0 aromatic carbocycles. The van der Waals surface area contributed by atoms with Gasteiger partial charge in [-0.2, -0.15) is 5.10 Å². The van der Waals surface area contributed by atoms with Crippen molar-refractivity contribution in [2.45, 2.75) is 45.4 Å². The van der Waals surface area contributed by atoms with Gasteiger partial charge in [0.1, 0.15) is 11.4 Å². The number of aromatic nitrogens is 2. The van der Waals surface area contributed by atoms with Crippen molar-refractivity contribution in [1.29, 1.82) is 0 Å². The molecule has 2 heterocycles. The predicted octanol–water partition coefficient (Wildman–Crippen LogP) is 2.59. The maximum atomic E-state index is 11.5. The molecule has 3 rings (SSSR count). The van der Waals surface area contributed by atoms with E-state index in [-0.39, 0.29) is 0 Å². The van der Waals surface area contributed by atoms with E-state index in [9.17, 15) is 9.90 Å². The molecular weight excluding hydrogens is 254 g/mol. The number of carbonyl (C=O) groups is 1.